The van der Waals surface area contributed by atoms with Gasteiger partial charge in [0.2, 0.25) is 0 Å². The van der Waals surface area contributed by atoms with Gasteiger partial charge in [-0.15, -0.1) is 11.3 Å². The number of aromatic nitrogens is 1. The van der Waals surface area contributed by atoms with Crippen LogP contribution in [-0.2, 0) is 15.6 Å². The molecule has 114 valence electrons. The number of benzene rings is 1. The van der Waals surface area contributed by atoms with Crippen LogP contribution in [0, 0.1) is 13.8 Å². The summed E-state index contributed by atoms with van der Waals surface area (Å²) in [6.07, 6.45) is 1.57. The first-order valence-electron chi connectivity index (χ1n) is 6.74. The largest absolute Gasteiger partial charge is 0.462 e. The zero-order chi connectivity index (χ0) is 15.7. The maximum Gasteiger partial charge on any atom is 0.184 e. The quantitative estimate of drug-likeness (QED) is 0.724. The number of sulfone groups is 1. The molecule has 2 heterocycles. The predicted octanol–water partition coefficient (Wildman–Crippen LogP) is 3.99. The van der Waals surface area contributed by atoms with E-state index < -0.39 is 9.84 Å². The number of rotatable bonds is 4. The fraction of sp³-hybridized carbons (Fsp3) is 0.188. The minimum atomic E-state index is -3.39. The first-order chi connectivity index (χ1) is 10.5. The molecule has 6 heteroatoms. The van der Waals surface area contributed by atoms with Gasteiger partial charge in [-0.25, -0.2) is 13.4 Å². The van der Waals surface area contributed by atoms with Crippen LogP contribution in [0.25, 0.3) is 10.8 Å². The van der Waals surface area contributed by atoms with Crippen molar-refractivity contribution in [2.24, 2.45) is 0 Å². The third-order valence-corrected chi connectivity index (χ3v) is 6.01. The molecule has 0 aliphatic heterocycles. The Morgan fingerprint density at radius 2 is 2.00 bits per heavy atom. The molecule has 0 fully saturated rings. The third kappa shape index (κ3) is 2.98. The Morgan fingerprint density at radius 3 is 2.68 bits per heavy atom. The highest BCUT2D eigenvalue weighted by Crippen LogP contribution is 2.26. The average molecular weight is 333 g/mol. The second-order valence-electron chi connectivity index (χ2n) is 5.13. The second kappa shape index (κ2) is 5.70. The van der Waals surface area contributed by atoms with Crippen LogP contribution >= 0.6 is 11.3 Å². The van der Waals surface area contributed by atoms with Crippen molar-refractivity contribution in [1.82, 2.24) is 4.98 Å². The van der Waals surface area contributed by atoms with Crippen LogP contribution in [0.2, 0.25) is 0 Å². The van der Waals surface area contributed by atoms with E-state index in [1.165, 1.54) is 11.3 Å². The van der Waals surface area contributed by atoms with Gasteiger partial charge in [-0.05, 0) is 49.2 Å². The summed E-state index contributed by atoms with van der Waals surface area (Å²) in [6.45, 7) is 3.87. The lowest BCUT2D eigenvalue weighted by atomic mass is 10.1. The number of nitrogens with zero attached hydrogens (tertiary/aromatic N) is 1. The summed E-state index contributed by atoms with van der Waals surface area (Å²) < 4.78 is 30.3. The minimum absolute atomic E-state index is 0.104. The van der Waals surface area contributed by atoms with E-state index in [0.29, 0.717) is 21.4 Å². The van der Waals surface area contributed by atoms with Crippen LogP contribution < -0.4 is 0 Å². The molecule has 1 aromatic carbocycles. The second-order valence-corrected chi connectivity index (χ2v) is 7.97. The average Bonchev–Trinajstić information content (AvgIpc) is 3.11. The molecule has 3 rings (SSSR count). The van der Waals surface area contributed by atoms with E-state index in [1.54, 1.807) is 35.9 Å². The summed E-state index contributed by atoms with van der Waals surface area (Å²) in [5.41, 5.74) is 2.58. The van der Waals surface area contributed by atoms with Gasteiger partial charge in [0.25, 0.3) is 0 Å². The molecular weight excluding hydrogens is 318 g/mol. The molecular formula is C16H15NO3S2. The van der Waals surface area contributed by atoms with Crippen LogP contribution in [0.5, 0.6) is 0 Å². The van der Waals surface area contributed by atoms with Crippen molar-refractivity contribution in [2.75, 3.05) is 0 Å². The lowest BCUT2D eigenvalue weighted by Crippen LogP contribution is -2.06. The van der Waals surface area contributed by atoms with Gasteiger partial charge in [-0.2, -0.15) is 0 Å². The van der Waals surface area contributed by atoms with E-state index >= 15 is 0 Å². The molecule has 0 radical (unpaired) electrons. The highest BCUT2D eigenvalue weighted by atomic mass is 32.2. The molecule has 0 unspecified atom stereocenters. The fourth-order valence-corrected chi connectivity index (χ4v) is 4.30. The number of furan rings is 1. The molecule has 0 atom stereocenters. The lowest BCUT2D eigenvalue weighted by Gasteiger charge is -2.05. The van der Waals surface area contributed by atoms with Crippen molar-refractivity contribution in [2.45, 2.75) is 24.5 Å². The first-order valence-corrected chi connectivity index (χ1v) is 9.27. The minimum Gasteiger partial charge on any atom is -0.462 e. The molecule has 22 heavy (non-hydrogen) atoms. The maximum absolute atomic E-state index is 12.5. The van der Waals surface area contributed by atoms with Crippen LogP contribution in [-0.4, -0.2) is 13.4 Å². The van der Waals surface area contributed by atoms with Gasteiger partial charge in [0.05, 0.1) is 22.6 Å². The molecule has 2 aromatic heterocycles. The smallest absolute Gasteiger partial charge is 0.184 e. The fourth-order valence-electron chi connectivity index (χ4n) is 2.07. The van der Waals surface area contributed by atoms with Crippen LogP contribution in [0.4, 0.5) is 0 Å². The molecule has 0 bridgehead atoms. The lowest BCUT2D eigenvalue weighted by molar-refractivity contribution is 0.581. The van der Waals surface area contributed by atoms with E-state index in [-0.39, 0.29) is 5.75 Å². The van der Waals surface area contributed by atoms with Gasteiger partial charge in [0, 0.05) is 5.38 Å². The molecule has 0 aliphatic rings. The Bertz CT molecular complexity index is 893. The molecule has 0 amide bonds. The molecule has 3 aromatic rings. The summed E-state index contributed by atoms with van der Waals surface area (Å²) >= 11 is 1.38. The van der Waals surface area contributed by atoms with E-state index in [2.05, 4.69) is 4.98 Å². The van der Waals surface area contributed by atoms with E-state index in [4.69, 9.17) is 4.42 Å². The summed E-state index contributed by atoms with van der Waals surface area (Å²) in [6, 6.07) is 8.78. The summed E-state index contributed by atoms with van der Waals surface area (Å²) in [4.78, 5) is 4.69. The Kier molecular flexibility index (Phi) is 3.88. The Hall–Kier alpha value is -1.92. The molecule has 0 spiro atoms. The number of thiazole rings is 1. The number of hydrogen-bond donors (Lipinski definition) is 0. The molecule has 0 aliphatic carbocycles. The highest BCUT2D eigenvalue weighted by molar-refractivity contribution is 7.90. The first kappa shape index (κ1) is 15.0. The van der Waals surface area contributed by atoms with Crippen molar-refractivity contribution in [3.8, 4) is 10.8 Å². The normalized spacial score (nSPS) is 11.7. The van der Waals surface area contributed by atoms with Gasteiger partial charge in [0.1, 0.15) is 0 Å². The van der Waals surface area contributed by atoms with Crippen LogP contribution in [0.1, 0.15) is 16.8 Å². The molecule has 0 saturated carbocycles. The SMILES string of the molecule is Cc1ccc(S(=O)(=O)Cc2csc(-c3ccco3)n2)cc1C. The Balaban J connectivity index is 1.87. The standard InChI is InChI=1S/C16H15NO3S2/c1-11-5-6-14(8-12(11)2)22(18,19)10-13-9-21-16(17-13)15-4-3-7-20-15/h3-9H,10H2,1-2H3. The van der Waals surface area contributed by atoms with Crippen LogP contribution in [0.15, 0.2) is 51.3 Å². The molecule has 4 nitrogen and oxygen atoms in total. The van der Waals surface area contributed by atoms with Gasteiger partial charge < -0.3 is 4.42 Å². The third-order valence-electron chi connectivity index (χ3n) is 3.46. The van der Waals surface area contributed by atoms with Gasteiger partial charge in [-0.3, -0.25) is 0 Å². The predicted molar refractivity (Wildman–Crippen MR) is 86.6 cm³/mol. The highest BCUT2D eigenvalue weighted by Gasteiger charge is 2.18. The van der Waals surface area contributed by atoms with E-state index in [1.807, 2.05) is 19.9 Å². The summed E-state index contributed by atoms with van der Waals surface area (Å²) in [7, 11) is -3.39. The van der Waals surface area contributed by atoms with Crippen molar-refractivity contribution in [3.63, 3.8) is 0 Å². The van der Waals surface area contributed by atoms with E-state index in [0.717, 1.165) is 11.1 Å². The van der Waals surface area contributed by atoms with Gasteiger partial charge in [0.15, 0.2) is 20.6 Å². The summed E-state index contributed by atoms with van der Waals surface area (Å²) in [5, 5.41) is 2.45. The number of aryl methyl sites for hydroxylation is 2. The zero-order valence-corrected chi connectivity index (χ0v) is 13.9. The van der Waals surface area contributed by atoms with Crippen molar-refractivity contribution in [1.29, 1.82) is 0 Å². The Morgan fingerprint density at radius 1 is 1.18 bits per heavy atom. The van der Waals surface area contributed by atoms with Crippen LogP contribution in [0.3, 0.4) is 0 Å². The number of hydrogen-bond acceptors (Lipinski definition) is 5. The van der Waals surface area contributed by atoms with Crippen molar-refractivity contribution < 1.29 is 12.8 Å². The van der Waals surface area contributed by atoms with Crippen molar-refractivity contribution >= 4 is 21.2 Å². The zero-order valence-electron chi connectivity index (χ0n) is 12.2. The maximum atomic E-state index is 12.5. The molecule has 0 N–H and O–H groups in total. The molecule has 0 saturated heterocycles. The Labute approximate surface area is 133 Å². The monoisotopic (exact) mass is 333 g/mol. The topological polar surface area (TPSA) is 60.2 Å². The van der Waals surface area contributed by atoms with E-state index in [9.17, 15) is 8.42 Å². The van der Waals surface area contributed by atoms with Gasteiger partial charge >= 0.3 is 0 Å². The van der Waals surface area contributed by atoms with Gasteiger partial charge in [-0.1, -0.05) is 6.07 Å². The summed E-state index contributed by atoms with van der Waals surface area (Å²) in [5.74, 6) is 0.548. The van der Waals surface area contributed by atoms with Crippen molar-refractivity contribution in [3.05, 3.63) is 58.8 Å².